The Morgan fingerprint density at radius 1 is 0.865 bits per heavy atom. The number of carboxylic acid groups (broad SMARTS) is 1. The van der Waals surface area contributed by atoms with Gasteiger partial charge in [-0.1, -0.05) is 26.2 Å². The number of carbonyl (C=O) groups is 4. The Labute approximate surface area is 214 Å². The fourth-order valence-corrected chi connectivity index (χ4v) is 5.97. The SMILES string of the molecule is CC1CCC(NC(=O)c2ccc3c4c(c(C(=O)O)cc(C(=N)NC5CCCCC5)c24)C(=O)NC3=O)CC1. The molecule has 3 aliphatic rings. The molecule has 2 fully saturated rings. The zero-order valence-electron chi connectivity index (χ0n) is 20.9. The van der Waals surface area contributed by atoms with Crippen LogP contribution < -0.4 is 16.0 Å². The van der Waals surface area contributed by atoms with E-state index < -0.39 is 17.8 Å². The third-order valence-electron chi connectivity index (χ3n) is 8.03. The molecule has 0 bridgehead atoms. The third-order valence-corrected chi connectivity index (χ3v) is 8.03. The molecule has 2 aromatic rings. The summed E-state index contributed by atoms with van der Waals surface area (Å²) in [7, 11) is 0. The minimum atomic E-state index is -1.34. The van der Waals surface area contributed by atoms with Gasteiger partial charge in [0.15, 0.2) is 0 Å². The smallest absolute Gasteiger partial charge is 0.336 e. The minimum absolute atomic E-state index is 0.0114. The summed E-state index contributed by atoms with van der Waals surface area (Å²) in [4.78, 5) is 51.4. The van der Waals surface area contributed by atoms with E-state index in [1.165, 1.54) is 18.2 Å². The number of benzene rings is 2. The number of hydrogen-bond donors (Lipinski definition) is 5. The van der Waals surface area contributed by atoms with Crippen LogP contribution in [-0.2, 0) is 0 Å². The fraction of sp³-hybridized carbons (Fsp3) is 0.464. The molecule has 5 rings (SSSR count). The van der Waals surface area contributed by atoms with Gasteiger partial charge in [0.1, 0.15) is 5.84 Å². The van der Waals surface area contributed by atoms with Crippen LogP contribution in [0.25, 0.3) is 10.8 Å². The van der Waals surface area contributed by atoms with Crippen molar-refractivity contribution >= 4 is 40.3 Å². The van der Waals surface area contributed by atoms with E-state index in [0.717, 1.165) is 57.8 Å². The lowest BCUT2D eigenvalue weighted by Gasteiger charge is -2.28. The molecule has 9 nitrogen and oxygen atoms in total. The molecule has 0 aromatic heterocycles. The fourth-order valence-electron chi connectivity index (χ4n) is 5.97. The zero-order valence-corrected chi connectivity index (χ0v) is 20.9. The second kappa shape index (κ2) is 9.95. The first kappa shape index (κ1) is 24.9. The van der Waals surface area contributed by atoms with Gasteiger partial charge in [0.25, 0.3) is 17.7 Å². The second-order valence-electron chi connectivity index (χ2n) is 10.6. The standard InChI is InChI=1S/C28H32N4O5/c1-14-7-9-16(10-8-14)31-25(33)17-11-12-18-22-21(17)19(24(29)30-15-5-3-2-4-6-15)13-20(28(36)37)23(22)27(35)32-26(18)34/h11-16H,2-10H2,1H3,(H2,29,30)(H,31,33)(H,36,37)(H,32,34,35). The Morgan fingerprint density at radius 3 is 2.22 bits per heavy atom. The van der Waals surface area contributed by atoms with Crippen molar-refractivity contribution in [1.82, 2.24) is 16.0 Å². The van der Waals surface area contributed by atoms with Crippen LogP contribution in [0.1, 0.15) is 112 Å². The Bertz CT molecular complexity index is 1320. The average molecular weight is 505 g/mol. The van der Waals surface area contributed by atoms with Gasteiger partial charge in [0.05, 0.1) is 11.1 Å². The van der Waals surface area contributed by atoms with E-state index in [4.69, 9.17) is 5.41 Å². The molecular weight excluding hydrogens is 472 g/mol. The van der Waals surface area contributed by atoms with Crippen LogP contribution in [-0.4, -0.2) is 46.7 Å². The summed E-state index contributed by atoms with van der Waals surface area (Å²) < 4.78 is 0. The molecule has 2 aromatic carbocycles. The summed E-state index contributed by atoms with van der Waals surface area (Å²) >= 11 is 0. The van der Waals surface area contributed by atoms with Gasteiger partial charge in [-0.15, -0.1) is 0 Å². The molecule has 194 valence electrons. The summed E-state index contributed by atoms with van der Waals surface area (Å²) in [5, 5.41) is 27.8. The predicted octanol–water partition coefficient (Wildman–Crippen LogP) is 3.98. The van der Waals surface area contributed by atoms with Crippen LogP contribution in [0.4, 0.5) is 0 Å². The van der Waals surface area contributed by atoms with E-state index in [9.17, 15) is 24.3 Å². The van der Waals surface area contributed by atoms with Gasteiger partial charge in [-0.05, 0) is 62.6 Å². The summed E-state index contributed by atoms with van der Waals surface area (Å²) in [6.45, 7) is 2.20. The number of rotatable bonds is 5. The summed E-state index contributed by atoms with van der Waals surface area (Å²) in [6, 6.07) is 4.36. The van der Waals surface area contributed by atoms with Crippen LogP contribution in [0, 0.1) is 11.3 Å². The van der Waals surface area contributed by atoms with Crippen LogP contribution in [0.5, 0.6) is 0 Å². The monoisotopic (exact) mass is 504 g/mol. The van der Waals surface area contributed by atoms with Crippen LogP contribution in [0.15, 0.2) is 18.2 Å². The highest BCUT2D eigenvalue weighted by atomic mass is 16.4. The van der Waals surface area contributed by atoms with Crippen molar-refractivity contribution in [2.75, 3.05) is 0 Å². The highest BCUT2D eigenvalue weighted by molar-refractivity contribution is 6.32. The maximum Gasteiger partial charge on any atom is 0.336 e. The number of carboxylic acids is 1. The van der Waals surface area contributed by atoms with Crippen molar-refractivity contribution < 1.29 is 24.3 Å². The van der Waals surface area contributed by atoms with E-state index in [1.54, 1.807) is 0 Å². The van der Waals surface area contributed by atoms with Gasteiger partial charge in [-0.3, -0.25) is 25.1 Å². The van der Waals surface area contributed by atoms with E-state index in [1.807, 2.05) is 0 Å². The molecule has 37 heavy (non-hydrogen) atoms. The summed E-state index contributed by atoms with van der Waals surface area (Å²) in [6.07, 6.45) is 8.77. The molecular formula is C28H32N4O5. The minimum Gasteiger partial charge on any atom is -0.478 e. The lowest BCUT2D eigenvalue weighted by Crippen LogP contribution is -2.40. The van der Waals surface area contributed by atoms with E-state index in [0.29, 0.717) is 5.92 Å². The summed E-state index contributed by atoms with van der Waals surface area (Å²) in [5.41, 5.74) is 0.0782. The van der Waals surface area contributed by atoms with E-state index in [-0.39, 0.29) is 62.4 Å². The predicted molar refractivity (Wildman–Crippen MR) is 138 cm³/mol. The molecule has 2 saturated carbocycles. The molecule has 5 N–H and O–H groups in total. The highest BCUT2D eigenvalue weighted by Crippen LogP contribution is 2.35. The highest BCUT2D eigenvalue weighted by Gasteiger charge is 2.34. The van der Waals surface area contributed by atoms with Crippen molar-refractivity contribution in [2.45, 2.75) is 76.8 Å². The maximum atomic E-state index is 13.6. The number of nitrogens with one attached hydrogen (secondary N) is 4. The van der Waals surface area contributed by atoms with Gasteiger partial charge in [0.2, 0.25) is 0 Å². The number of hydrogen-bond acceptors (Lipinski definition) is 5. The Kier molecular flexibility index (Phi) is 6.70. The number of carbonyl (C=O) groups excluding carboxylic acids is 3. The van der Waals surface area contributed by atoms with Crippen molar-refractivity contribution in [3.63, 3.8) is 0 Å². The van der Waals surface area contributed by atoms with Crippen LogP contribution >= 0.6 is 0 Å². The van der Waals surface area contributed by atoms with Gasteiger partial charge >= 0.3 is 5.97 Å². The topological polar surface area (TPSA) is 148 Å². The number of amides is 3. The molecule has 3 amide bonds. The number of imide groups is 1. The molecule has 0 spiro atoms. The molecule has 0 saturated heterocycles. The van der Waals surface area contributed by atoms with Crippen molar-refractivity contribution in [1.29, 1.82) is 5.41 Å². The first-order valence-corrected chi connectivity index (χ1v) is 13.1. The number of aromatic carboxylic acids is 1. The molecule has 0 radical (unpaired) electrons. The van der Waals surface area contributed by atoms with Crippen molar-refractivity contribution in [3.8, 4) is 0 Å². The van der Waals surface area contributed by atoms with Gasteiger partial charge in [0, 0.05) is 39.5 Å². The van der Waals surface area contributed by atoms with Gasteiger partial charge < -0.3 is 15.7 Å². The van der Waals surface area contributed by atoms with Gasteiger partial charge in [-0.2, -0.15) is 0 Å². The molecule has 9 heteroatoms. The van der Waals surface area contributed by atoms with E-state index >= 15 is 0 Å². The molecule has 1 heterocycles. The first-order chi connectivity index (χ1) is 17.7. The lowest BCUT2D eigenvalue weighted by atomic mass is 9.84. The largest absolute Gasteiger partial charge is 0.478 e. The Hall–Kier alpha value is -3.75. The average Bonchev–Trinajstić information content (AvgIpc) is 2.88. The quantitative estimate of drug-likeness (QED) is 0.236. The molecule has 1 aliphatic heterocycles. The van der Waals surface area contributed by atoms with Gasteiger partial charge in [-0.25, -0.2) is 4.79 Å². The van der Waals surface area contributed by atoms with Crippen LogP contribution in [0.2, 0.25) is 0 Å². The Morgan fingerprint density at radius 2 is 1.54 bits per heavy atom. The molecule has 0 unspecified atom stereocenters. The maximum absolute atomic E-state index is 13.6. The lowest BCUT2D eigenvalue weighted by molar-refractivity contribution is 0.0687. The third kappa shape index (κ3) is 4.70. The zero-order chi connectivity index (χ0) is 26.3. The number of amidine groups is 1. The molecule has 2 aliphatic carbocycles. The van der Waals surface area contributed by atoms with Crippen LogP contribution in [0.3, 0.4) is 0 Å². The van der Waals surface area contributed by atoms with Crippen molar-refractivity contribution in [3.05, 3.63) is 46.0 Å². The molecule has 0 atom stereocenters. The summed E-state index contributed by atoms with van der Waals surface area (Å²) in [5.74, 6) is -2.58. The van der Waals surface area contributed by atoms with E-state index in [2.05, 4.69) is 22.9 Å². The Balaban J connectivity index is 1.67. The normalized spacial score (nSPS) is 21.9. The first-order valence-electron chi connectivity index (χ1n) is 13.1. The van der Waals surface area contributed by atoms with Crippen molar-refractivity contribution in [2.24, 2.45) is 5.92 Å². The second-order valence-corrected chi connectivity index (χ2v) is 10.6.